The standard InChI is InChI=1S/C21H25N3O5S/c1-3-14-30(27,28)23-17-10-8-16(9-11-17)22-20(25)12-13-24-18-6-4-5-7-19(18)29-15(2)21(24)26/h4-11,15,23H,3,12-14H2,1-2H3,(H,22,25). The molecular formula is C21H25N3O5S. The van der Waals surface area contributed by atoms with Crippen molar-refractivity contribution < 1.29 is 22.7 Å². The van der Waals surface area contributed by atoms with E-state index in [1.165, 1.54) is 0 Å². The van der Waals surface area contributed by atoms with Gasteiger partial charge in [-0.3, -0.25) is 14.3 Å². The Morgan fingerprint density at radius 3 is 2.47 bits per heavy atom. The Balaban J connectivity index is 1.58. The number of anilines is 3. The normalized spacial score (nSPS) is 15.9. The molecule has 0 saturated carbocycles. The van der Waals surface area contributed by atoms with Gasteiger partial charge in [-0.15, -0.1) is 0 Å². The van der Waals surface area contributed by atoms with Crippen LogP contribution in [0.15, 0.2) is 48.5 Å². The first-order valence-corrected chi connectivity index (χ1v) is 11.4. The van der Waals surface area contributed by atoms with Crippen LogP contribution in [0.5, 0.6) is 5.75 Å². The second-order valence-corrected chi connectivity index (χ2v) is 8.86. The number of fused-ring (bicyclic) bond motifs is 1. The summed E-state index contributed by atoms with van der Waals surface area (Å²) in [4.78, 5) is 26.4. The highest BCUT2D eigenvalue weighted by Crippen LogP contribution is 2.33. The number of para-hydroxylation sites is 2. The molecule has 9 heteroatoms. The number of sulfonamides is 1. The number of carbonyl (C=O) groups excluding carboxylic acids is 2. The molecule has 0 bridgehead atoms. The van der Waals surface area contributed by atoms with Crippen molar-refractivity contribution in [3.63, 3.8) is 0 Å². The van der Waals surface area contributed by atoms with Gasteiger partial charge in [-0.1, -0.05) is 19.1 Å². The van der Waals surface area contributed by atoms with Crippen molar-refractivity contribution in [2.24, 2.45) is 0 Å². The van der Waals surface area contributed by atoms with Gasteiger partial charge in [0, 0.05) is 24.3 Å². The maximum atomic E-state index is 12.5. The van der Waals surface area contributed by atoms with Gasteiger partial charge in [0.1, 0.15) is 5.75 Å². The Bertz CT molecular complexity index is 1020. The number of hydrogen-bond donors (Lipinski definition) is 2. The monoisotopic (exact) mass is 431 g/mol. The van der Waals surface area contributed by atoms with Crippen LogP contribution in [0.1, 0.15) is 26.7 Å². The highest BCUT2D eigenvalue weighted by molar-refractivity contribution is 7.92. The van der Waals surface area contributed by atoms with Gasteiger partial charge in [-0.05, 0) is 49.7 Å². The number of benzene rings is 2. The zero-order valence-electron chi connectivity index (χ0n) is 16.9. The van der Waals surface area contributed by atoms with Crippen LogP contribution in [-0.2, 0) is 19.6 Å². The van der Waals surface area contributed by atoms with Crippen LogP contribution in [0.4, 0.5) is 17.1 Å². The number of nitrogens with one attached hydrogen (secondary N) is 2. The van der Waals surface area contributed by atoms with E-state index in [1.807, 2.05) is 12.1 Å². The molecule has 1 aliphatic rings. The van der Waals surface area contributed by atoms with Gasteiger partial charge in [0.05, 0.1) is 11.4 Å². The summed E-state index contributed by atoms with van der Waals surface area (Å²) < 4.78 is 31.7. The minimum atomic E-state index is -3.36. The van der Waals surface area contributed by atoms with E-state index in [1.54, 1.807) is 55.1 Å². The fourth-order valence-corrected chi connectivity index (χ4v) is 4.28. The largest absolute Gasteiger partial charge is 0.479 e. The minimum Gasteiger partial charge on any atom is -0.479 e. The van der Waals surface area contributed by atoms with Gasteiger partial charge in [-0.2, -0.15) is 0 Å². The molecule has 1 heterocycles. The third-order valence-electron chi connectivity index (χ3n) is 4.55. The first-order valence-electron chi connectivity index (χ1n) is 9.76. The SMILES string of the molecule is CCCS(=O)(=O)Nc1ccc(NC(=O)CCN2C(=O)C(C)Oc3ccccc32)cc1. The molecule has 0 aromatic heterocycles. The van der Waals surface area contributed by atoms with Gasteiger partial charge in [0.2, 0.25) is 15.9 Å². The third-order valence-corrected chi connectivity index (χ3v) is 6.04. The summed E-state index contributed by atoms with van der Waals surface area (Å²) >= 11 is 0. The molecule has 2 amide bonds. The zero-order chi connectivity index (χ0) is 21.7. The topological polar surface area (TPSA) is 105 Å². The second-order valence-electron chi connectivity index (χ2n) is 7.01. The molecule has 0 spiro atoms. The van der Waals surface area contributed by atoms with E-state index in [9.17, 15) is 18.0 Å². The van der Waals surface area contributed by atoms with E-state index < -0.39 is 16.1 Å². The van der Waals surface area contributed by atoms with Gasteiger partial charge in [0.15, 0.2) is 6.10 Å². The van der Waals surface area contributed by atoms with E-state index in [0.717, 1.165) is 0 Å². The highest BCUT2D eigenvalue weighted by atomic mass is 32.2. The number of amides is 2. The Hall–Kier alpha value is -3.07. The van der Waals surface area contributed by atoms with Crippen molar-refractivity contribution in [3.8, 4) is 5.75 Å². The molecule has 1 unspecified atom stereocenters. The molecule has 30 heavy (non-hydrogen) atoms. The highest BCUT2D eigenvalue weighted by Gasteiger charge is 2.31. The lowest BCUT2D eigenvalue weighted by Crippen LogP contribution is -2.45. The predicted octanol–water partition coefficient (Wildman–Crippen LogP) is 2.98. The number of ether oxygens (including phenoxy) is 1. The summed E-state index contributed by atoms with van der Waals surface area (Å²) in [6.45, 7) is 3.70. The van der Waals surface area contributed by atoms with Crippen molar-refractivity contribution in [1.82, 2.24) is 0 Å². The summed E-state index contributed by atoms with van der Waals surface area (Å²) in [5.74, 6) is 0.225. The summed E-state index contributed by atoms with van der Waals surface area (Å²) in [6.07, 6.45) is 0.0303. The third kappa shape index (κ3) is 5.29. The van der Waals surface area contributed by atoms with E-state index in [0.29, 0.717) is 29.2 Å². The van der Waals surface area contributed by atoms with Crippen LogP contribution in [0.25, 0.3) is 0 Å². The fraction of sp³-hybridized carbons (Fsp3) is 0.333. The molecular weight excluding hydrogens is 406 g/mol. The second kappa shape index (κ2) is 9.17. The van der Waals surface area contributed by atoms with Gasteiger partial charge < -0.3 is 15.0 Å². The zero-order valence-corrected chi connectivity index (χ0v) is 17.7. The molecule has 0 aliphatic carbocycles. The van der Waals surface area contributed by atoms with Crippen LogP contribution in [0, 0.1) is 0 Å². The Morgan fingerprint density at radius 1 is 1.10 bits per heavy atom. The molecule has 1 atom stereocenters. The molecule has 1 aliphatic heterocycles. The predicted molar refractivity (Wildman–Crippen MR) is 116 cm³/mol. The summed E-state index contributed by atoms with van der Waals surface area (Å²) in [6, 6.07) is 13.7. The van der Waals surface area contributed by atoms with Crippen molar-refractivity contribution >= 4 is 38.9 Å². The van der Waals surface area contributed by atoms with Crippen LogP contribution in [-0.4, -0.2) is 38.6 Å². The molecule has 0 radical (unpaired) electrons. The maximum absolute atomic E-state index is 12.5. The molecule has 2 aromatic carbocycles. The summed E-state index contributed by atoms with van der Waals surface area (Å²) in [5.41, 5.74) is 1.63. The van der Waals surface area contributed by atoms with Gasteiger partial charge >= 0.3 is 0 Å². The Kier molecular flexibility index (Phi) is 6.61. The number of nitrogens with zero attached hydrogens (tertiary/aromatic N) is 1. The molecule has 3 rings (SSSR count). The van der Waals surface area contributed by atoms with Crippen molar-refractivity contribution in [3.05, 3.63) is 48.5 Å². The van der Waals surface area contributed by atoms with E-state index in [4.69, 9.17) is 4.74 Å². The number of rotatable bonds is 8. The number of carbonyl (C=O) groups is 2. The minimum absolute atomic E-state index is 0.0491. The smallest absolute Gasteiger partial charge is 0.267 e. The van der Waals surface area contributed by atoms with Crippen molar-refractivity contribution in [1.29, 1.82) is 0 Å². The van der Waals surface area contributed by atoms with Crippen LogP contribution >= 0.6 is 0 Å². The average molecular weight is 432 g/mol. The lowest BCUT2D eigenvalue weighted by atomic mass is 10.1. The molecule has 2 N–H and O–H groups in total. The molecule has 0 fully saturated rings. The lowest BCUT2D eigenvalue weighted by Gasteiger charge is -2.32. The molecule has 2 aromatic rings. The Morgan fingerprint density at radius 2 is 1.77 bits per heavy atom. The van der Waals surface area contributed by atoms with E-state index in [-0.39, 0.29) is 30.5 Å². The molecule has 160 valence electrons. The van der Waals surface area contributed by atoms with Crippen LogP contribution in [0.3, 0.4) is 0 Å². The molecule has 8 nitrogen and oxygen atoms in total. The van der Waals surface area contributed by atoms with Gasteiger partial charge in [-0.25, -0.2) is 8.42 Å². The van der Waals surface area contributed by atoms with Crippen molar-refractivity contribution in [2.45, 2.75) is 32.8 Å². The lowest BCUT2D eigenvalue weighted by molar-refractivity contribution is -0.125. The van der Waals surface area contributed by atoms with E-state index >= 15 is 0 Å². The van der Waals surface area contributed by atoms with E-state index in [2.05, 4.69) is 10.0 Å². The fourth-order valence-electron chi connectivity index (χ4n) is 3.15. The first-order chi connectivity index (χ1) is 14.3. The maximum Gasteiger partial charge on any atom is 0.267 e. The summed E-state index contributed by atoms with van der Waals surface area (Å²) in [5, 5.41) is 2.76. The Labute approximate surface area is 176 Å². The van der Waals surface area contributed by atoms with Crippen LogP contribution < -0.4 is 19.7 Å². The quantitative estimate of drug-likeness (QED) is 0.669. The first kappa shape index (κ1) is 21.6. The number of hydrogen-bond acceptors (Lipinski definition) is 5. The summed E-state index contributed by atoms with van der Waals surface area (Å²) in [7, 11) is -3.36. The van der Waals surface area contributed by atoms with Crippen LogP contribution in [0.2, 0.25) is 0 Å². The van der Waals surface area contributed by atoms with Crippen molar-refractivity contribution in [2.75, 3.05) is 27.2 Å². The molecule has 0 saturated heterocycles. The average Bonchev–Trinajstić information content (AvgIpc) is 2.69. The van der Waals surface area contributed by atoms with Gasteiger partial charge in [0.25, 0.3) is 5.91 Å².